The van der Waals surface area contributed by atoms with Crippen LogP contribution in [0.1, 0.15) is 13.3 Å². The van der Waals surface area contributed by atoms with Gasteiger partial charge < -0.3 is 19.9 Å². The summed E-state index contributed by atoms with van der Waals surface area (Å²) in [7, 11) is 2.96. The third-order valence-corrected chi connectivity index (χ3v) is 2.69. The molecule has 0 fully saturated rings. The first-order valence-electron chi connectivity index (χ1n) is 5.79. The fourth-order valence-corrected chi connectivity index (χ4v) is 1.60. The maximum atomic E-state index is 11.9. The van der Waals surface area contributed by atoms with Gasteiger partial charge in [-0.15, -0.1) is 0 Å². The van der Waals surface area contributed by atoms with Crippen molar-refractivity contribution in [3.8, 4) is 11.5 Å². The third-order valence-electron chi connectivity index (χ3n) is 2.69. The van der Waals surface area contributed by atoms with Crippen molar-refractivity contribution in [2.45, 2.75) is 13.3 Å². The minimum absolute atomic E-state index is 0.216. The zero-order chi connectivity index (χ0) is 14.4. The van der Waals surface area contributed by atoms with E-state index in [4.69, 9.17) is 14.6 Å². The van der Waals surface area contributed by atoms with Crippen molar-refractivity contribution in [2.24, 2.45) is 5.92 Å². The second kappa shape index (κ2) is 6.63. The Morgan fingerprint density at radius 3 is 2.47 bits per heavy atom. The van der Waals surface area contributed by atoms with Crippen LogP contribution >= 0.6 is 0 Å². The number of benzene rings is 1. The van der Waals surface area contributed by atoms with E-state index in [1.165, 1.54) is 14.2 Å². The van der Waals surface area contributed by atoms with Crippen molar-refractivity contribution >= 4 is 17.6 Å². The van der Waals surface area contributed by atoms with Crippen molar-refractivity contribution < 1.29 is 24.2 Å². The molecular weight excluding hydrogens is 250 g/mol. The highest BCUT2D eigenvalue weighted by molar-refractivity contribution is 6.04. The second-order valence-electron chi connectivity index (χ2n) is 3.85. The maximum Gasteiger partial charge on any atom is 0.316 e. The second-order valence-corrected chi connectivity index (χ2v) is 3.85. The van der Waals surface area contributed by atoms with E-state index in [2.05, 4.69) is 5.32 Å². The minimum Gasteiger partial charge on any atom is -0.497 e. The van der Waals surface area contributed by atoms with Crippen LogP contribution in [0.2, 0.25) is 0 Å². The lowest BCUT2D eigenvalue weighted by Gasteiger charge is -2.14. The van der Waals surface area contributed by atoms with Crippen molar-refractivity contribution in [3.05, 3.63) is 18.2 Å². The number of hydrogen-bond acceptors (Lipinski definition) is 4. The first kappa shape index (κ1) is 14.8. The van der Waals surface area contributed by atoms with Gasteiger partial charge in [-0.25, -0.2) is 0 Å². The summed E-state index contributed by atoms with van der Waals surface area (Å²) in [5.41, 5.74) is 0.381. The number of aliphatic carboxylic acids is 1. The molecule has 0 aliphatic carbocycles. The molecule has 0 radical (unpaired) electrons. The lowest BCUT2D eigenvalue weighted by Crippen LogP contribution is -2.29. The molecule has 2 N–H and O–H groups in total. The lowest BCUT2D eigenvalue weighted by molar-refractivity contribution is -0.145. The summed E-state index contributed by atoms with van der Waals surface area (Å²) in [6.07, 6.45) is 0.216. The molecule has 0 aliphatic heterocycles. The Morgan fingerprint density at radius 2 is 2.00 bits per heavy atom. The van der Waals surface area contributed by atoms with Crippen LogP contribution in [-0.2, 0) is 9.59 Å². The molecule has 1 aromatic carbocycles. The highest BCUT2D eigenvalue weighted by Crippen LogP contribution is 2.29. The molecule has 0 aliphatic rings. The van der Waals surface area contributed by atoms with Crippen LogP contribution in [0.15, 0.2) is 18.2 Å². The molecule has 0 heterocycles. The van der Waals surface area contributed by atoms with Crippen LogP contribution in [-0.4, -0.2) is 31.2 Å². The Bertz CT molecular complexity index is 472. The summed E-state index contributed by atoms with van der Waals surface area (Å²) in [6, 6.07) is 4.89. The predicted octanol–water partition coefficient (Wildman–Crippen LogP) is 1.75. The van der Waals surface area contributed by atoms with Crippen molar-refractivity contribution in [1.82, 2.24) is 0 Å². The van der Waals surface area contributed by atoms with Crippen molar-refractivity contribution in [1.29, 1.82) is 0 Å². The summed E-state index contributed by atoms with van der Waals surface area (Å²) in [5, 5.41) is 11.5. The van der Waals surface area contributed by atoms with Gasteiger partial charge in [0.2, 0.25) is 5.91 Å². The summed E-state index contributed by atoms with van der Waals surface area (Å²) in [5.74, 6) is -1.84. The van der Waals surface area contributed by atoms with E-state index in [1.807, 2.05) is 0 Å². The summed E-state index contributed by atoms with van der Waals surface area (Å²) in [4.78, 5) is 22.8. The molecule has 1 amide bonds. The van der Waals surface area contributed by atoms with Gasteiger partial charge in [0.25, 0.3) is 0 Å². The van der Waals surface area contributed by atoms with E-state index in [0.29, 0.717) is 17.2 Å². The van der Waals surface area contributed by atoms with E-state index in [1.54, 1.807) is 25.1 Å². The fourth-order valence-electron chi connectivity index (χ4n) is 1.60. The molecule has 0 bridgehead atoms. The van der Waals surface area contributed by atoms with Gasteiger partial charge in [0.15, 0.2) is 0 Å². The molecule has 1 atom stereocenters. The molecular formula is C13H17NO5. The largest absolute Gasteiger partial charge is 0.497 e. The SMILES string of the molecule is CCC(C(=O)O)C(=O)Nc1cc(OC)ccc1OC. The van der Waals surface area contributed by atoms with Crippen LogP contribution in [0.4, 0.5) is 5.69 Å². The fraction of sp³-hybridized carbons (Fsp3) is 0.385. The zero-order valence-electron chi connectivity index (χ0n) is 11.1. The maximum absolute atomic E-state index is 11.9. The van der Waals surface area contributed by atoms with Gasteiger partial charge in [0.05, 0.1) is 19.9 Å². The average molecular weight is 267 g/mol. The number of hydrogen-bond donors (Lipinski definition) is 2. The van der Waals surface area contributed by atoms with Crippen molar-refractivity contribution in [2.75, 3.05) is 19.5 Å². The van der Waals surface area contributed by atoms with Gasteiger partial charge in [0.1, 0.15) is 17.4 Å². The number of carbonyl (C=O) groups excluding carboxylic acids is 1. The zero-order valence-corrected chi connectivity index (χ0v) is 11.1. The van der Waals surface area contributed by atoms with Gasteiger partial charge in [0, 0.05) is 6.07 Å². The van der Waals surface area contributed by atoms with Gasteiger partial charge in [-0.3, -0.25) is 9.59 Å². The van der Waals surface area contributed by atoms with Crippen LogP contribution in [0.5, 0.6) is 11.5 Å². The van der Waals surface area contributed by atoms with Crippen LogP contribution in [0, 0.1) is 5.92 Å². The number of nitrogens with one attached hydrogen (secondary N) is 1. The van der Waals surface area contributed by atoms with E-state index < -0.39 is 17.8 Å². The third kappa shape index (κ3) is 3.61. The quantitative estimate of drug-likeness (QED) is 0.767. The molecule has 0 aromatic heterocycles. The molecule has 6 heteroatoms. The van der Waals surface area contributed by atoms with Crippen molar-refractivity contribution in [3.63, 3.8) is 0 Å². The Kier molecular flexibility index (Phi) is 5.17. The minimum atomic E-state index is -1.15. The lowest BCUT2D eigenvalue weighted by atomic mass is 10.1. The molecule has 6 nitrogen and oxygen atoms in total. The first-order chi connectivity index (χ1) is 9.03. The summed E-state index contributed by atoms with van der Waals surface area (Å²) >= 11 is 0. The Hall–Kier alpha value is -2.24. The topological polar surface area (TPSA) is 84.9 Å². The van der Waals surface area contributed by atoms with E-state index >= 15 is 0 Å². The van der Waals surface area contributed by atoms with Crippen LogP contribution < -0.4 is 14.8 Å². The summed E-state index contributed by atoms with van der Waals surface area (Å²) in [6.45, 7) is 1.64. The number of methoxy groups -OCH3 is 2. The number of carboxylic acids is 1. The van der Waals surface area contributed by atoms with Gasteiger partial charge in [-0.2, -0.15) is 0 Å². The van der Waals surface area contributed by atoms with Gasteiger partial charge >= 0.3 is 5.97 Å². The Labute approximate surface area is 111 Å². The molecule has 1 aromatic rings. The predicted molar refractivity (Wildman–Crippen MR) is 69.6 cm³/mol. The summed E-state index contributed by atoms with van der Waals surface area (Å²) < 4.78 is 10.1. The number of ether oxygens (including phenoxy) is 2. The number of rotatable bonds is 6. The highest BCUT2D eigenvalue weighted by atomic mass is 16.5. The molecule has 1 rings (SSSR count). The molecule has 0 saturated heterocycles. The average Bonchev–Trinajstić information content (AvgIpc) is 2.38. The Balaban J connectivity index is 2.97. The number of anilines is 1. The van der Waals surface area contributed by atoms with E-state index in [-0.39, 0.29) is 6.42 Å². The molecule has 1 unspecified atom stereocenters. The standard InChI is InChI=1S/C13H17NO5/c1-4-9(13(16)17)12(15)14-10-7-8(18-2)5-6-11(10)19-3/h5-7,9H,4H2,1-3H3,(H,14,15)(H,16,17). The molecule has 19 heavy (non-hydrogen) atoms. The van der Waals surface area contributed by atoms with Crippen LogP contribution in [0.25, 0.3) is 0 Å². The molecule has 104 valence electrons. The van der Waals surface area contributed by atoms with E-state index in [0.717, 1.165) is 0 Å². The van der Waals surface area contributed by atoms with Gasteiger partial charge in [-0.05, 0) is 18.6 Å². The van der Waals surface area contributed by atoms with Crippen LogP contribution in [0.3, 0.4) is 0 Å². The number of amides is 1. The highest BCUT2D eigenvalue weighted by Gasteiger charge is 2.25. The number of carbonyl (C=O) groups is 2. The monoisotopic (exact) mass is 267 g/mol. The molecule has 0 spiro atoms. The Morgan fingerprint density at radius 1 is 1.32 bits per heavy atom. The smallest absolute Gasteiger partial charge is 0.316 e. The molecule has 0 saturated carbocycles. The number of carboxylic acid groups (broad SMARTS) is 1. The van der Waals surface area contributed by atoms with E-state index in [9.17, 15) is 9.59 Å². The first-order valence-corrected chi connectivity index (χ1v) is 5.79. The normalized spacial score (nSPS) is 11.5. The van der Waals surface area contributed by atoms with Gasteiger partial charge in [-0.1, -0.05) is 6.92 Å².